The molecule has 3 aliphatic heterocycles. The second kappa shape index (κ2) is 8.90. The van der Waals surface area contributed by atoms with E-state index in [-0.39, 0.29) is 17.4 Å². The van der Waals surface area contributed by atoms with Gasteiger partial charge < -0.3 is 19.3 Å². The average Bonchev–Trinajstić information content (AvgIpc) is 3.43. The SMILES string of the molecule is COc1ncc(C2=CCN(C(C)=O)CC2)c2sc(NC(=O)N3CCC4(CCOCC4)C3)nc12. The molecule has 3 aliphatic rings. The van der Waals surface area contributed by atoms with Crippen LogP contribution < -0.4 is 10.1 Å². The molecule has 10 heteroatoms. The first-order valence-electron chi connectivity index (χ1n) is 11.4. The van der Waals surface area contributed by atoms with Crippen LogP contribution in [0, 0.1) is 5.41 Å². The highest BCUT2D eigenvalue weighted by Gasteiger charge is 2.41. The summed E-state index contributed by atoms with van der Waals surface area (Å²) in [6.45, 7) is 5.94. The molecule has 0 unspecified atom stereocenters. The summed E-state index contributed by atoms with van der Waals surface area (Å²) in [7, 11) is 1.57. The Balaban J connectivity index is 1.37. The number of aromatic nitrogens is 2. The summed E-state index contributed by atoms with van der Waals surface area (Å²) in [4.78, 5) is 37.5. The minimum Gasteiger partial charge on any atom is -0.479 e. The molecule has 0 atom stereocenters. The van der Waals surface area contributed by atoms with Crippen LogP contribution >= 0.6 is 11.3 Å². The van der Waals surface area contributed by atoms with E-state index in [4.69, 9.17) is 9.47 Å². The second-order valence-corrected chi connectivity index (χ2v) is 10.0. The monoisotopic (exact) mass is 471 g/mol. The Morgan fingerprint density at radius 3 is 2.73 bits per heavy atom. The zero-order valence-corrected chi connectivity index (χ0v) is 19.9. The largest absolute Gasteiger partial charge is 0.479 e. The fraction of sp³-hybridized carbons (Fsp3) is 0.565. The van der Waals surface area contributed by atoms with Crippen LogP contribution in [0.3, 0.4) is 0 Å². The van der Waals surface area contributed by atoms with Crippen molar-refractivity contribution >= 4 is 44.2 Å². The number of carbonyl (C=O) groups excluding carboxylic acids is 2. The minimum atomic E-state index is -0.111. The third-order valence-corrected chi connectivity index (χ3v) is 8.08. The lowest BCUT2D eigenvalue weighted by Gasteiger charge is -2.33. The highest BCUT2D eigenvalue weighted by molar-refractivity contribution is 7.22. The van der Waals surface area contributed by atoms with Crippen molar-refractivity contribution in [2.75, 3.05) is 51.8 Å². The first kappa shape index (κ1) is 22.1. The quantitative estimate of drug-likeness (QED) is 0.737. The Labute approximate surface area is 196 Å². The number of likely N-dealkylation sites (tertiary alicyclic amines) is 1. The first-order valence-corrected chi connectivity index (χ1v) is 12.2. The number of ether oxygens (including phenoxy) is 2. The molecule has 176 valence electrons. The Kier molecular flexibility index (Phi) is 5.96. The molecular weight excluding hydrogens is 442 g/mol. The predicted octanol–water partition coefficient (Wildman–Crippen LogP) is 3.37. The van der Waals surface area contributed by atoms with E-state index in [0.717, 1.165) is 67.8 Å². The van der Waals surface area contributed by atoms with Gasteiger partial charge in [-0.2, -0.15) is 0 Å². The number of hydrogen-bond donors (Lipinski definition) is 1. The molecule has 2 fully saturated rings. The summed E-state index contributed by atoms with van der Waals surface area (Å²) in [5.74, 6) is 0.519. The maximum absolute atomic E-state index is 13.0. The zero-order chi connectivity index (χ0) is 23.0. The summed E-state index contributed by atoms with van der Waals surface area (Å²) < 4.78 is 11.9. The fourth-order valence-electron chi connectivity index (χ4n) is 5.01. The number of anilines is 1. The normalized spacial score (nSPS) is 20.2. The van der Waals surface area contributed by atoms with Crippen molar-refractivity contribution < 1.29 is 19.1 Å². The molecule has 0 bridgehead atoms. The van der Waals surface area contributed by atoms with Crippen molar-refractivity contribution in [3.63, 3.8) is 0 Å². The van der Waals surface area contributed by atoms with Crippen LogP contribution in [0.25, 0.3) is 15.8 Å². The molecule has 0 aliphatic carbocycles. The minimum absolute atomic E-state index is 0.0792. The van der Waals surface area contributed by atoms with Gasteiger partial charge >= 0.3 is 6.03 Å². The number of amides is 3. The van der Waals surface area contributed by atoms with Gasteiger partial charge in [0.05, 0.1) is 11.8 Å². The van der Waals surface area contributed by atoms with Gasteiger partial charge in [0.1, 0.15) is 5.52 Å². The molecule has 1 N–H and O–H groups in total. The van der Waals surface area contributed by atoms with Crippen LogP contribution in [-0.2, 0) is 9.53 Å². The summed E-state index contributed by atoms with van der Waals surface area (Å²) in [6, 6.07) is -0.111. The van der Waals surface area contributed by atoms with Gasteiger partial charge in [-0.15, -0.1) is 0 Å². The van der Waals surface area contributed by atoms with Crippen molar-refractivity contribution in [3.8, 4) is 5.88 Å². The topological polar surface area (TPSA) is 96.9 Å². The predicted molar refractivity (Wildman–Crippen MR) is 127 cm³/mol. The molecular formula is C23H29N5O4S. The number of rotatable bonds is 3. The van der Waals surface area contributed by atoms with Gasteiger partial charge in [-0.3, -0.25) is 10.1 Å². The number of hydrogen-bond acceptors (Lipinski definition) is 7. The first-order chi connectivity index (χ1) is 16.0. The van der Waals surface area contributed by atoms with Crippen molar-refractivity contribution in [1.82, 2.24) is 19.8 Å². The molecule has 5 heterocycles. The zero-order valence-electron chi connectivity index (χ0n) is 19.1. The van der Waals surface area contributed by atoms with Gasteiger partial charge in [0.25, 0.3) is 0 Å². The summed E-state index contributed by atoms with van der Waals surface area (Å²) in [5, 5.41) is 3.55. The third kappa shape index (κ3) is 4.29. The van der Waals surface area contributed by atoms with Crippen molar-refractivity contribution in [2.45, 2.75) is 32.6 Å². The van der Waals surface area contributed by atoms with Gasteiger partial charge in [0, 0.05) is 58.1 Å². The highest BCUT2D eigenvalue weighted by atomic mass is 32.1. The molecule has 2 aromatic rings. The molecule has 1 spiro atoms. The maximum Gasteiger partial charge on any atom is 0.323 e. The standard InChI is InChI=1S/C23H29N5O4S/c1-15(29)27-8-3-16(4-9-27)17-13-24-20(31-2)18-19(17)33-21(25-18)26-22(30)28-10-5-23(14-28)6-11-32-12-7-23/h3,13H,4-12,14H2,1-2H3,(H,25,26,30). The van der Waals surface area contributed by atoms with Gasteiger partial charge in [-0.25, -0.2) is 14.8 Å². The molecule has 2 aromatic heterocycles. The van der Waals surface area contributed by atoms with Crippen LogP contribution in [0.2, 0.25) is 0 Å². The van der Waals surface area contributed by atoms with Gasteiger partial charge in [0.2, 0.25) is 11.8 Å². The molecule has 33 heavy (non-hydrogen) atoms. The molecule has 3 amide bonds. The van der Waals surface area contributed by atoms with Crippen molar-refractivity contribution in [3.05, 3.63) is 17.8 Å². The lowest BCUT2D eigenvalue weighted by Crippen LogP contribution is -2.37. The average molecular weight is 472 g/mol. The highest BCUT2D eigenvalue weighted by Crippen LogP contribution is 2.41. The van der Waals surface area contributed by atoms with E-state index in [2.05, 4.69) is 21.4 Å². The molecule has 5 rings (SSSR count). The summed E-state index contributed by atoms with van der Waals surface area (Å²) in [5.41, 5.74) is 2.96. The smallest absolute Gasteiger partial charge is 0.323 e. The van der Waals surface area contributed by atoms with Crippen LogP contribution in [0.5, 0.6) is 5.88 Å². The number of nitrogens with zero attached hydrogens (tertiary/aromatic N) is 4. The van der Waals surface area contributed by atoms with Crippen molar-refractivity contribution in [2.24, 2.45) is 5.41 Å². The van der Waals surface area contributed by atoms with Gasteiger partial charge in [-0.05, 0) is 36.7 Å². The van der Waals surface area contributed by atoms with E-state index in [9.17, 15) is 9.59 Å². The van der Waals surface area contributed by atoms with E-state index in [1.54, 1.807) is 20.2 Å². The Bertz CT molecular complexity index is 1110. The number of urea groups is 1. The van der Waals surface area contributed by atoms with Crippen LogP contribution in [0.1, 0.15) is 38.2 Å². The summed E-state index contributed by atoms with van der Waals surface area (Å²) in [6.07, 6.45) is 7.68. The number of nitrogens with one attached hydrogen (secondary N) is 1. The molecule has 0 radical (unpaired) electrons. The van der Waals surface area contributed by atoms with E-state index in [0.29, 0.717) is 29.6 Å². The van der Waals surface area contributed by atoms with Gasteiger partial charge in [0.15, 0.2) is 5.13 Å². The van der Waals surface area contributed by atoms with Crippen molar-refractivity contribution in [1.29, 1.82) is 0 Å². The fourth-order valence-corrected chi connectivity index (χ4v) is 6.01. The molecule has 0 saturated carbocycles. The lowest BCUT2D eigenvalue weighted by molar-refractivity contribution is -0.128. The summed E-state index contributed by atoms with van der Waals surface area (Å²) >= 11 is 1.44. The maximum atomic E-state index is 13.0. The molecule has 9 nitrogen and oxygen atoms in total. The third-order valence-electron chi connectivity index (χ3n) is 7.07. The number of pyridine rings is 1. The number of fused-ring (bicyclic) bond motifs is 1. The van der Waals surface area contributed by atoms with E-state index >= 15 is 0 Å². The lowest BCUT2D eigenvalue weighted by atomic mass is 9.80. The number of carbonyl (C=O) groups is 2. The van der Waals surface area contributed by atoms with E-state index < -0.39 is 0 Å². The molecule has 0 aromatic carbocycles. The Morgan fingerprint density at radius 2 is 2.03 bits per heavy atom. The number of methoxy groups -OCH3 is 1. The van der Waals surface area contributed by atoms with Crippen LogP contribution in [-0.4, -0.2) is 78.2 Å². The van der Waals surface area contributed by atoms with Gasteiger partial charge in [-0.1, -0.05) is 17.4 Å². The second-order valence-electron chi connectivity index (χ2n) is 9.04. The Hall–Kier alpha value is -2.72. The Morgan fingerprint density at radius 1 is 1.21 bits per heavy atom. The van der Waals surface area contributed by atoms with E-state index in [1.165, 1.54) is 11.3 Å². The van der Waals surface area contributed by atoms with Crippen LogP contribution in [0.4, 0.5) is 9.93 Å². The van der Waals surface area contributed by atoms with Crippen LogP contribution in [0.15, 0.2) is 12.3 Å². The molecule has 2 saturated heterocycles. The number of thiazole rings is 1. The van der Waals surface area contributed by atoms with E-state index in [1.807, 2.05) is 9.80 Å².